The maximum atomic E-state index is 12.5. The van der Waals surface area contributed by atoms with Gasteiger partial charge in [-0.2, -0.15) is 13.2 Å². The fraction of sp³-hybridized carbons (Fsp3) is 0.267. The molecule has 0 bridgehead atoms. The van der Waals surface area contributed by atoms with E-state index in [0.29, 0.717) is 18.1 Å². The van der Waals surface area contributed by atoms with E-state index < -0.39 is 17.8 Å². The van der Waals surface area contributed by atoms with Gasteiger partial charge in [0.05, 0.1) is 23.9 Å². The number of halogens is 3. The van der Waals surface area contributed by atoms with Crippen molar-refractivity contribution in [1.82, 2.24) is 4.98 Å². The molecular formula is C15H15F3N2O. The van der Waals surface area contributed by atoms with Crippen LogP contribution in [0.4, 0.5) is 13.2 Å². The van der Waals surface area contributed by atoms with E-state index in [2.05, 4.69) is 4.98 Å². The van der Waals surface area contributed by atoms with Crippen molar-refractivity contribution in [2.75, 3.05) is 6.61 Å². The topological polar surface area (TPSA) is 48.1 Å². The molecule has 21 heavy (non-hydrogen) atoms. The number of hydrogen-bond donors (Lipinski definition) is 1. The van der Waals surface area contributed by atoms with Crippen LogP contribution in [0.1, 0.15) is 29.8 Å². The van der Waals surface area contributed by atoms with Crippen LogP contribution in [0.5, 0.6) is 5.75 Å². The summed E-state index contributed by atoms with van der Waals surface area (Å²) < 4.78 is 42.9. The van der Waals surface area contributed by atoms with Crippen molar-refractivity contribution in [1.29, 1.82) is 0 Å². The Morgan fingerprint density at radius 3 is 2.57 bits per heavy atom. The number of nitrogens with two attached hydrogens (primary N) is 1. The van der Waals surface area contributed by atoms with Crippen molar-refractivity contribution in [3.8, 4) is 5.75 Å². The van der Waals surface area contributed by atoms with E-state index in [9.17, 15) is 13.2 Å². The van der Waals surface area contributed by atoms with E-state index in [4.69, 9.17) is 10.5 Å². The number of aromatic nitrogens is 1. The van der Waals surface area contributed by atoms with Crippen molar-refractivity contribution in [2.24, 2.45) is 5.73 Å². The third-order valence-electron chi connectivity index (χ3n) is 2.96. The number of pyridine rings is 1. The minimum absolute atomic E-state index is 0.372. The van der Waals surface area contributed by atoms with Crippen LogP contribution >= 0.6 is 0 Å². The lowest BCUT2D eigenvalue weighted by Crippen LogP contribution is -2.15. The highest BCUT2D eigenvalue weighted by Gasteiger charge is 2.30. The number of nitrogens with zero attached hydrogens (tertiary/aromatic N) is 1. The number of alkyl halides is 3. The number of benzene rings is 1. The zero-order valence-corrected chi connectivity index (χ0v) is 11.4. The first-order valence-electron chi connectivity index (χ1n) is 6.43. The van der Waals surface area contributed by atoms with Gasteiger partial charge in [0.1, 0.15) is 5.75 Å². The first kappa shape index (κ1) is 15.3. The van der Waals surface area contributed by atoms with Crippen LogP contribution in [-0.2, 0) is 6.18 Å². The zero-order chi connectivity index (χ0) is 15.5. The van der Waals surface area contributed by atoms with Gasteiger partial charge in [-0.3, -0.25) is 4.98 Å². The fourth-order valence-electron chi connectivity index (χ4n) is 1.89. The van der Waals surface area contributed by atoms with Gasteiger partial charge in [0.2, 0.25) is 0 Å². The second kappa shape index (κ2) is 6.13. The molecule has 0 fully saturated rings. The number of ether oxygens (including phenoxy) is 1. The van der Waals surface area contributed by atoms with Crippen molar-refractivity contribution < 1.29 is 17.9 Å². The average molecular weight is 296 g/mol. The normalized spacial score (nSPS) is 13.0. The van der Waals surface area contributed by atoms with Gasteiger partial charge in [-0.1, -0.05) is 12.1 Å². The lowest BCUT2D eigenvalue weighted by molar-refractivity contribution is -0.137. The summed E-state index contributed by atoms with van der Waals surface area (Å²) in [6.45, 7) is 2.39. The first-order valence-corrected chi connectivity index (χ1v) is 6.43. The Balaban J connectivity index is 2.23. The van der Waals surface area contributed by atoms with E-state index in [0.717, 1.165) is 17.8 Å². The second-order valence-electron chi connectivity index (χ2n) is 4.45. The van der Waals surface area contributed by atoms with Crippen molar-refractivity contribution >= 4 is 0 Å². The van der Waals surface area contributed by atoms with Gasteiger partial charge in [-0.25, -0.2) is 0 Å². The summed E-state index contributed by atoms with van der Waals surface area (Å²) >= 11 is 0. The molecule has 1 aromatic heterocycles. The van der Waals surface area contributed by atoms with E-state index in [1.54, 1.807) is 24.3 Å². The van der Waals surface area contributed by atoms with Gasteiger partial charge in [0.25, 0.3) is 0 Å². The molecule has 0 aliphatic carbocycles. The second-order valence-corrected chi connectivity index (χ2v) is 4.45. The summed E-state index contributed by atoms with van der Waals surface area (Å²) in [5.74, 6) is 0.664. The third kappa shape index (κ3) is 3.72. The predicted molar refractivity (Wildman–Crippen MR) is 72.9 cm³/mol. The summed E-state index contributed by atoms with van der Waals surface area (Å²) in [7, 11) is 0. The van der Waals surface area contributed by atoms with Gasteiger partial charge in [-0.05, 0) is 36.8 Å². The van der Waals surface area contributed by atoms with Crippen molar-refractivity contribution in [3.63, 3.8) is 0 Å². The third-order valence-corrected chi connectivity index (χ3v) is 2.96. The molecule has 112 valence electrons. The van der Waals surface area contributed by atoms with E-state index in [-0.39, 0.29) is 0 Å². The van der Waals surface area contributed by atoms with Crippen LogP contribution in [0, 0.1) is 0 Å². The Morgan fingerprint density at radius 1 is 1.24 bits per heavy atom. The average Bonchev–Trinajstić information content (AvgIpc) is 2.46. The largest absolute Gasteiger partial charge is 0.494 e. The monoisotopic (exact) mass is 296 g/mol. The van der Waals surface area contributed by atoms with E-state index in [1.807, 2.05) is 6.92 Å². The quantitative estimate of drug-likeness (QED) is 0.938. The van der Waals surface area contributed by atoms with Gasteiger partial charge in [0.15, 0.2) is 0 Å². The highest BCUT2D eigenvalue weighted by Crippen LogP contribution is 2.29. The number of rotatable bonds is 4. The van der Waals surface area contributed by atoms with Crippen molar-refractivity contribution in [2.45, 2.75) is 19.1 Å². The predicted octanol–water partition coefficient (Wildman–Crippen LogP) is 3.55. The smallest absolute Gasteiger partial charge is 0.417 e. The van der Waals surface area contributed by atoms with Gasteiger partial charge in [0, 0.05) is 6.20 Å². The molecule has 1 aromatic carbocycles. The highest BCUT2D eigenvalue weighted by molar-refractivity contribution is 5.34. The van der Waals surface area contributed by atoms with Gasteiger partial charge < -0.3 is 10.5 Å². The Morgan fingerprint density at radius 2 is 2.00 bits per heavy atom. The first-order chi connectivity index (χ1) is 9.91. The van der Waals surface area contributed by atoms with Crippen molar-refractivity contribution in [3.05, 3.63) is 59.4 Å². The molecule has 2 rings (SSSR count). The summed E-state index contributed by atoms with van der Waals surface area (Å²) in [5, 5.41) is 0. The Hall–Kier alpha value is -2.08. The fourth-order valence-corrected chi connectivity index (χ4v) is 1.89. The minimum atomic E-state index is -4.40. The molecule has 0 aliphatic rings. The van der Waals surface area contributed by atoms with Crippen LogP contribution in [0.15, 0.2) is 42.6 Å². The van der Waals surface area contributed by atoms with Crippen LogP contribution < -0.4 is 10.5 Å². The Bertz CT molecular complexity index is 597. The van der Waals surface area contributed by atoms with E-state index >= 15 is 0 Å². The molecule has 6 heteroatoms. The molecule has 3 nitrogen and oxygen atoms in total. The van der Waals surface area contributed by atoms with Gasteiger partial charge >= 0.3 is 6.18 Å². The molecule has 0 spiro atoms. The standard InChI is InChI=1S/C15H15F3N2O/c1-2-21-12-5-3-4-10(8-12)14(19)13-7-6-11(9-20-13)15(16,17)18/h3-9,14H,2,19H2,1H3. The Kier molecular flexibility index (Phi) is 4.47. The molecule has 0 amide bonds. The molecule has 1 unspecified atom stereocenters. The lowest BCUT2D eigenvalue weighted by atomic mass is 10.0. The molecule has 1 atom stereocenters. The number of hydrogen-bond acceptors (Lipinski definition) is 3. The molecule has 0 saturated carbocycles. The summed E-state index contributed by atoms with van der Waals surface area (Å²) in [4.78, 5) is 3.81. The SMILES string of the molecule is CCOc1cccc(C(N)c2ccc(C(F)(F)F)cn2)c1. The molecule has 0 radical (unpaired) electrons. The summed E-state index contributed by atoms with van der Waals surface area (Å²) in [5.41, 5.74) is 6.35. The summed E-state index contributed by atoms with van der Waals surface area (Å²) in [6.07, 6.45) is -3.61. The van der Waals surface area contributed by atoms with Crippen LogP contribution in [0.2, 0.25) is 0 Å². The molecule has 1 heterocycles. The van der Waals surface area contributed by atoms with Crippen LogP contribution in [0.3, 0.4) is 0 Å². The van der Waals surface area contributed by atoms with Crippen LogP contribution in [-0.4, -0.2) is 11.6 Å². The molecule has 2 aromatic rings. The van der Waals surface area contributed by atoms with Crippen LogP contribution in [0.25, 0.3) is 0 Å². The molecular weight excluding hydrogens is 281 g/mol. The highest BCUT2D eigenvalue weighted by atomic mass is 19.4. The maximum Gasteiger partial charge on any atom is 0.417 e. The minimum Gasteiger partial charge on any atom is -0.494 e. The Labute approximate surface area is 120 Å². The zero-order valence-electron chi connectivity index (χ0n) is 11.4. The molecule has 2 N–H and O–H groups in total. The summed E-state index contributed by atoms with van der Waals surface area (Å²) in [6, 6.07) is 8.78. The maximum absolute atomic E-state index is 12.5. The lowest BCUT2D eigenvalue weighted by Gasteiger charge is -2.14. The van der Waals surface area contributed by atoms with E-state index in [1.165, 1.54) is 6.07 Å². The molecule has 0 aliphatic heterocycles. The molecule has 0 saturated heterocycles. The van der Waals surface area contributed by atoms with Gasteiger partial charge in [-0.15, -0.1) is 0 Å².